The molecule has 2 N–H and O–H groups in total. The molecule has 0 amide bonds. The van der Waals surface area contributed by atoms with Crippen molar-refractivity contribution >= 4 is 0 Å². The van der Waals surface area contributed by atoms with Crippen LogP contribution in [0, 0.1) is 11.8 Å². The molecule has 1 atom stereocenters. The molecule has 1 saturated carbocycles. The van der Waals surface area contributed by atoms with Gasteiger partial charge in [-0.15, -0.1) is 0 Å². The van der Waals surface area contributed by atoms with E-state index in [1.54, 1.807) is 0 Å². The molecule has 2 aliphatic rings. The largest absolute Gasteiger partial charge is 0.316 e. The van der Waals surface area contributed by atoms with Gasteiger partial charge >= 0.3 is 0 Å². The van der Waals surface area contributed by atoms with Crippen LogP contribution in [0.1, 0.15) is 39.0 Å². The van der Waals surface area contributed by atoms with Crippen molar-refractivity contribution in [2.75, 3.05) is 45.8 Å². The molecule has 1 aliphatic carbocycles. The van der Waals surface area contributed by atoms with E-state index in [0.717, 1.165) is 11.8 Å². The summed E-state index contributed by atoms with van der Waals surface area (Å²) in [6, 6.07) is 0. The maximum absolute atomic E-state index is 3.70. The topological polar surface area (TPSA) is 27.3 Å². The fraction of sp³-hybridized carbons (Fsp3) is 1.00. The molecule has 0 bridgehead atoms. The summed E-state index contributed by atoms with van der Waals surface area (Å²) in [6.45, 7) is 10.9. The Morgan fingerprint density at radius 2 is 1.89 bits per heavy atom. The molecule has 0 aromatic heterocycles. The van der Waals surface area contributed by atoms with Crippen LogP contribution in [0.25, 0.3) is 0 Å². The van der Waals surface area contributed by atoms with E-state index >= 15 is 0 Å². The van der Waals surface area contributed by atoms with Crippen molar-refractivity contribution in [2.24, 2.45) is 11.8 Å². The van der Waals surface area contributed by atoms with E-state index in [9.17, 15) is 0 Å². The van der Waals surface area contributed by atoms with Crippen LogP contribution in [0.4, 0.5) is 0 Å². The quantitative estimate of drug-likeness (QED) is 0.754. The maximum Gasteiger partial charge on any atom is 0.0107 e. The summed E-state index contributed by atoms with van der Waals surface area (Å²) in [5.74, 6) is 1.75. The average molecular weight is 253 g/mol. The molecular weight excluding hydrogens is 222 g/mol. The first-order valence-electron chi connectivity index (χ1n) is 7.98. The van der Waals surface area contributed by atoms with Gasteiger partial charge < -0.3 is 15.5 Å². The Labute approximate surface area is 113 Å². The highest BCUT2D eigenvalue weighted by molar-refractivity contribution is 4.72. The highest BCUT2D eigenvalue weighted by atomic mass is 15.2. The van der Waals surface area contributed by atoms with Crippen molar-refractivity contribution in [1.82, 2.24) is 15.5 Å². The van der Waals surface area contributed by atoms with E-state index in [-0.39, 0.29) is 0 Å². The monoisotopic (exact) mass is 253 g/mol. The third-order valence-electron chi connectivity index (χ3n) is 4.43. The summed E-state index contributed by atoms with van der Waals surface area (Å²) in [5.41, 5.74) is 0. The van der Waals surface area contributed by atoms with Crippen molar-refractivity contribution in [2.45, 2.75) is 39.0 Å². The molecule has 3 nitrogen and oxygen atoms in total. The van der Waals surface area contributed by atoms with Crippen molar-refractivity contribution < 1.29 is 0 Å². The minimum absolute atomic E-state index is 0.784. The van der Waals surface area contributed by atoms with Crippen molar-refractivity contribution in [3.8, 4) is 0 Å². The van der Waals surface area contributed by atoms with E-state index in [2.05, 4.69) is 22.5 Å². The van der Waals surface area contributed by atoms with Crippen LogP contribution < -0.4 is 10.6 Å². The van der Waals surface area contributed by atoms with Gasteiger partial charge in [0.25, 0.3) is 0 Å². The fourth-order valence-electron chi connectivity index (χ4n) is 3.32. The van der Waals surface area contributed by atoms with Gasteiger partial charge in [0.05, 0.1) is 0 Å². The Balaban J connectivity index is 1.52. The lowest BCUT2D eigenvalue weighted by Crippen LogP contribution is -2.46. The summed E-state index contributed by atoms with van der Waals surface area (Å²) in [6.07, 6.45) is 7.31. The highest BCUT2D eigenvalue weighted by Gasteiger charge is 2.15. The van der Waals surface area contributed by atoms with Crippen LogP contribution in [0.5, 0.6) is 0 Å². The Morgan fingerprint density at radius 3 is 2.61 bits per heavy atom. The minimum atomic E-state index is 0.784. The van der Waals surface area contributed by atoms with Gasteiger partial charge in [-0.2, -0.15) is 0 Å². The van der Waals surface area contributed by atoms with E-state index in [1.807, 2.05) is 0 Å². The van der Waals surface area contributed by atoms with Gasteiger partial charge in [-0.05, 0) is 37.8 Å². The maximum atomic E-state index is 3.70. The van der Waals surface area contributed by atoms with E-state index < -0.39 is 0 Å². The predicted octanol–water partition coefficient (Wildman–Crippen LogP) is 1.70. The summed E-state index contributed by atoms with van der Waals surface area (Å²) >= 11 is 0. The summed E-state index contributed by atoms with van der Waals surface area (Å²) in [7, 11) is 0. The molecule has 18 heavy (non-hydrogen) atoms. The Bertz CT molecular complexity index is 208. The van der Waals surface area contributed by atoms with Gasteiger partial charge in [0.2, 0.25) is 0 Å². The highest BCUT2D eigenvalue weighted by Crippen LogP contribution is 2.22. The standard InChI is InChI=1S/C15H31N3/c1-14(13-18-9-7-16-8-10-18)11-17-12-15-5-3-2-4-6-15/h14-17H,2-13H2,1H3. The molecule has 0 aromatic rings. The lowest BCUT2D eigenvalue weighted by molar-refractivity contribution is 0.207. The number of rotatable bonds is 6. The molecule has 1 heterocycles. The molecule has 2 fully saturated rings. The van der Waals surface area contributed by atoms with Crippen LogP contribution in [0.15, 0.2) is 0 Å². The summed E-state index contributed by atoms with van der Waals surface area (Å²) in [4.78, 5) is 2.60. The smallest absolute Gasteiger partial charge is 0.0107 e. The number of hydrogen-bond acceptors (Lipinski definition) is 3. The van der Waals surface area contributed by atoms with Crippen molar-refractivity contribution in [1.29, 1.82) is 0 Å². The third-order valence-corrected chi connectivity index (χ3v) is 4.43. The number of piperazine rings is 1. The zero-order chi connectivity index (χ0) is 12.6. The normalized spacial score (nSPS) is 25.2. The Kier molecular flexibility index (Phi) is 6.46. The molecule has 1 aliphatic heterocycles. The van der Waals surface area contributed by atoms with Crippen LogP contribution in [0.2, 0.25) is 0 Å². The lowest BCUT2D eigenvalue weighted by Gasteiger charge is -2.30. The second-order valence-corrected chi connectivity index (χ2v) is 6.32. The molecule has 1 saturated heterocycles. The van der Waals surface area contributed by atoms with Gasteiger partial charge in [0.15, 0.2) is 0 Å². The van der Waals surface area contributed by atoms with Gasteiger partial charge in [-0.25, -0.2) is 0 Å². The van der Waals surface area contributed by atoms with Crippen LogP contribution >= 0.6 is 0 Å². The average Bonchev–Trinajstić information content (AvgIpc) is 2.41. The fourth-order valence-corrected chi connectivity index (χ4v) is 3.32. The van der Waals surface area contributed by atoms with Crippen LogP contribution in [0.3, 0.4) is 0 Å². The Morgan fingerprint density at radius 1 is 1.17 bits per heavy atom. The zero-order valence-corrected chi connectivity index (χ0v) is 12.1. The Hall–Kier alpha value is -0.120. The predicted molar refractivity (Wildman–Crippen MR) is 77.9 cm³/mol. The molecule has 0 radical (unpaired) electrons. The molecule has 2 rings (SSSR count). The van der Waals surface area contributed by atoms with Crippen molar-refractivity contribution in [3.05, 3.63) is 0 Å². The van der Waals surface area contributed by atoms with Crippen molar-refractivity contribution in [3.63, 3.8) is 0 Å². The van der Waals surface area contributed by atoms with E-state index in [1.165, 1.54) is 77.9 Å². The molecule has 1 unspecified atom stereocenters. The molecule has 3 heteroatoms. The first-order chi connectivity index (χ1) is 8.84. The second-order valence-electron chi connectivity index (χ2n) is 6.32. The van der Waals surface area contributed by atoms with Gasteiger partial charge in [-0.1, -0.05) is 26.2 Å². The second kappa shape index (κ2) is 8.13. The molecule has 106 valence electrons. The van der Waals surface area contributed by atoms with Crippen LogP contribution in [-0.4, -0.2) is 50.7 Å². The summed E-state index contributed by atoms with van der Waals surface area (Å²) < 4.78 is 0. The SMILES string of the molecule is CC(CNCC1CCCCC1)CN1CCNCC1. The van der Waals surface area contributed by atoms with Gasteiger partial charge in [0.1, 0.15) is 0 Å². The summed E-state index contributed by atoms with van der Waals surface area (Å²) in [5, 5.41) is 7.12. The van der Waals surface area contributed by atoms with Crippen LogP contribution in [-0.2, 0) is 0 Å². The first-order valence-corrected chi connectivity index (χ1v) is 7.98. The van der Waals surface area contributed by atoms with E-state index in [4.69, 9.17) is 0 Å². The first kappa shape index (κ1) is 14.3. The molecular formula is C15H31N3. The van der Waals surface area contributed by atoms with Gasteiger partial charge in [0, 0.05) is 32.7 Å². The number of nitrogens with one attached hydrogen (secondary N) is 2. The minimum Gasteiger partial charge on any atom is -0.316 e. The van der Waals surface area contributed by atoms with E-state index in [0.29, 0.717) is 0 Å². The third kappa shape index (κ3) is 5.25. The van der Waals surface area contributed by atoms with Gasteiger partial charge in [-0.3, -0.25) is 0 Å². The zero-order valence-electron chi connectivity index (χ0n) is 12.1. The molecule has 0 aromatic carbocycles. The molecule has 0 spiro atoms. The number of nitrogens with zero attached hydrogens (tertiary/aromatic N) is 1. The lowest BCUT2D eigenvalue weighted by atomic mass is 9.89. The number of hydrogen-bond donors (Lipinski definition) is 2.